The zero-order valence-corrected chi connectivity index (χ0v) is 10.6. The summed E-state index contributed by atoms with van der Waals surface area (Å²) in [6, 6.07) is 3.20. The van der Waals surface area contributed by atoms with Gasteiger partial charge in [0.25, 0.3) is 0 Å². The predicted molar refractivity (Wildman–Crippen MR) is 64.9 cm³/mol. The van der Waals surface area contributed by atoms with Gasteiger partial charge in [0.05, 0.1) is 18.0 Å². The van der Waals surface area contributed by atoms with E-state index in [-0.39, 0.29) is 17.0 Å². The van der Waals surface area contributed by atoms with E-state index in [1.807, 2.05) is 0 Å². The summed E-state index contributed by atoms with van der Waals surface area (Å²) in [5.41, 5.74) is 0.133. The van der Waals surface area contributed by atoms with Crippen LogP contribution in [0.2, 0.25) is 0 Å². The van der Waals surface area contributed by atoms with Crippen LogP contribution in [0.25, 0.3) is 0 Å². The minimum absolute atomic E-state index is 0.0449. The van der Waals surface area contributed by atoms with Gasteiger partial charge in [-0.05, 0) is 17.7 Å². The van der Waals surface area contributed by atoms with Gasteiger partial charge >= 0.3 is 0 Å². The molecule has 0 unspecified atom stereocenters. The standard InChI is InChI=1S/C11H12FN3O3S/c12-9-2-1-8(7-16)10(5-9)19(17,18)15-6-11-13-3-4-14-11/h1-5,15-16H,6-7H2,(H,13,14). The number of sulfonamides is 1. The minimum atomic E-state index is -3.91. The predicted octanol–water partition coefficient (Wildman–Crippen LogP) is 0.520. The van der Waals surface area contributed by atoms with Crippen LogP contribution in [0.1, 0.15) is 11.4 Å². The van der Waals surface area contributed by atoms with Crippen LogP contribution in [0, 0.1) is 5.82 Å². The molecule has 6 nitrogen and oxygen atoms in total. The topological polar surface area (TPSA) is 95.1 Å². The molecule has 0 radical (unpaired) electrons. The van der Waals surface area contributed by atoms with Gasteiger partial charge < -0.3 is 10.1 Å². The molecule has 0 saturated heterocycles. The molecule has 19 heavy (non-hydrogen) atoms. The Morgan fingerprint density at radius 1 is 1.42 bits per heavy atom. The van der Waals surface area contributed by atoms with Crippen LogP contribution < -0.4 is 4.72 Å². The van der Waals surface area contributed by atoms with E-state index in [1.54, 1.807) is 6.20 Å². The Balaban J connectivity index is 2.26. The lowest BCUT2D eigenvalue weighted by molar-refractivity contribution is 0.278. The molecule has 2 aromatic rings. The molecule has 0 aliphatic carbocycles. The lowest BCUT2D eigenvalue weighted by Crippen LogP contribution is -2.25. The number of aliphatic hydroxyl groups is 1. The van der Waals surface area contributed by atoms with Gasteiger partial charge in [0.2, 0.25) is 10.0 Å². The SMILES string of the molecule is O=S(=O)(NCc1ncc[nH]1)c1cc(F)ccc1CO. The summed E-state index contributed by atoms with van der Waals surface area (Å²) in [4.78, 5) is 6.33. The van der Waals surface area contributed by atoms with Crippen LogP contribution in [0.3, 0.4) is 0 Å². The monoisotopic (exact) mass is 285 g/mol. The van der Waals surface area contributed by atoms with Gasteiger partial charge in [-0.15, -0.1) is 0 Å². The zero-order valence-electron chi connectivity index (χ0n) is 9.80. The van der Waals surface area contributed by atoms with E-state index in [1.165, 1.54) is 12.3 Å². The summed E-state index contributed by atoms with van der Waals surface area (Å²) >= 11 is 0. The van der Waals surface area contributed by atoms with Gasteiger partial charge in [-0.25, -0.2) is 22.5 Å². The fourth-order valence-corrected chi connectivity index (χ4v) is 2.77. The average molecular weight is 285 g/mol. The number of nitrogens with zero attached hydrogens (tertiary/aromatic N) is 1. The number of aliphatic hydroxyl groups excluding tert-OH is 1. The van der Waals surface area contributed by atoms with Crippen molar-refractivity contribution < 1.29 is 17.9 Å². The zero-order chi connectivity index (χ0) is 13.9. The molecule has 0 spiro atoms. The molecule has 0 saturated carbocycles. The normalized spacial score (nSPS) is 11.7. The molecule has 1 aromatic carbocycles. The number of nitrogens with one attached hydrogen (secondary N) is 2. The average Bonchev–Trinajstić information content (AvgIpc) is 2.89. The van der Waals surface area contributed by atoms with Gasteiger partial charge in [-0.3, -0.25) is 0 Å². The maximum absolute atomic E-state index is 13.1. The second-order valence-corrected chi connectivity index (χ2v) is 5.51. The molecule has 1 heterocycles. The number of imidazole rings is 1. The third kappa shape index (κ3) is 3.16. The molecule has 2 rings (SSSR count). The molecule has 3 N–H and O–H groups in total. The Bertz CT molecular complexity index is 656. The Kier molecular flexibility index (Phi) is 3.93. The highest BCUT2D eigenvalue weighted by Gasteiger charge is 2.19. The van der Waals surface area contributed by atoms with Gasteiger partial charge in [0.1, 0.15) is 11.6 Å². The Morgan fingerprint density at radius 2 is 2.21 bits per heavy atom. The van der Waals surface area contributed by atoms with Crippen molar-refractivity contribution in [2.45, 2.75) is 18.0 Å². The van der Waals surface area contributed by atoms with Crippen molar-refractivity contribution in [1.82, 2.24) is 14.7 Å². The lowest BCUT2D eigenvalue weighted by Gasteiger charge is -2.09. The summed E-state index contributed by atoms with van der Waals surface area (Å²) < 4.78 is 39.5. The lowest BCUT2D eigenvalue weighted by atomic mass is 10.2. The summed E-state index contributed by atoms with van der Waals surface area (Å²) in [7, 11) is -3.91. The minimum Gasteiger partial charge on any atom is -0.392 e. The highest BCUT2D eigenvalue weighted by Crippen LogP contribution is 2.17. The van der Waals surface area contributed by atoms with E-state index in [4.69, 9.17) is 5.11 Å². The second kappa shape index (κ2) is 5.47. The van der Waals surface area contributed by atoms with Crippen LogP contribution >= 0.6 is 0 Å². The van der Waals surface area contributed by atoms with E-state index in [0.717, 1.165) is 12.1 Å². The summed E-state index contributed by atoms with van der Waals surface area (Å²) in [5.74, 6) is -0.249. The molecule has 0 aliphatic rings. The molecule has 0 aliphatic heterocycles. The number of aromatic amines is 1. The van der Waals surface area contributed by atoms with Crippen LogP contribution in [-0.2, 0) is 23.2 Å². The van der Waals surface area contributed by atoms with Crippen LogP contribution in [0.4, 0.5) is 4.39 Å². The molecule has 102 valence electrons. The molecule has 8 heteroatoms. The van der Waals surface area contributed by atoms with Gasteiger partial charge in [-0.1, -0.05) is 6.07 Å². The van der Waals surface area contributed by atoms with E-state index < -0.39 is 22.4 Å². The molecular formula is C11H12FN3O3S. The molecule has 1 aromatic heterocycles. The van der Waals surface area contributed by atoms with Crippen LogP contribution in [0.15, 0.2) is 35.5 Å². The van der Waals surface area contributed by atoms with Crippen LogP contribution in [0.5, 0.6) is 0 Å². The number of hydrogen-bond donors (Lipinski definition) is 3. The maximum Gasteiger partial charge on any atom is 0.241 e. The van der Waals surface area contributed by atoms with Gasteiger partial charge in [-0.2, -0.15) is 0 Å². The number of rotatable bonds is 5. The second-order valence-electron chi connectivity index (χ2n) is 3.77. The highest BCUT2D eigenvalue weighted by atomic mass is 32.2. The Morgan fingerprint density at radius 3 is 2.84 bits per heavy atom. The van der Waals surface area contributed by atoms with E-state index in [2.05, 4.69) is 14.7 Å². The first kappa shape index (κ1) is 13.7. The third-order valence-electron chi connectivity index (χ3n) is 2.47. The van der Waals surface area contributed by atoms with Crippen molar-refractivity contribution in [3.8, 4) is 0 Å². The van der Waals surface area contributed by atoms with Crippen molar-refractivity contribution in [3.63, 3.8) is 0 Å². The highest BCUT2D eigenvalue weighted by molar-refractivity contribution is 7.89. The van der Waals surface area contributed by atoms with Crippen molar-refractivity contribution in [2.75, 3.05) is 0 Å². The number of benzene rings is 1. The van der Waals surface area contributed by atoms with Crippen molar-refractivity contribution in [2.24, 2.45) is 0 Å². The first-order valence-electron chi connectivity index (χ1n) is 5.40. The number of hydrogen-bond acceptors (Lipinski definition) is 4. The first-order valence-corrected chi connectivity index (χ1v) is 6.88. The summed E-state index contributed by atoms with van der Waals surface area (Å²) in [6.07, 6.45) is 3.05. The summed E-state index contributed by atoms with van der Waals surface area (Å²) in [5, 5.41) is 9.09. The Labute approximate surface area is 109 Å². The number of halogens is 1. The smallest absolute Gasteiger partial charge is 0.241 e. The fraction of sp³-hybridized carbons (Fsp3) is 0.182. The molecule has 0 amide bonds. The summed E-state index contributed by atoms with van der Waals surface area (Å²) in [6.45, 7) is -0.534. The third-order valence-corrected chi connectivity index (χ3v) is 3.96. The van der Waals surface area contributed by atoms with Crippen molar-refractivity contribution >= 4 is 10.0 Å². The van der Waals surface area contributed by atoms with Crippen molar-refractivity contribution in [1.29, 1.82) is 0 Å². The van der Waals surface area contributed by atoms with Gasteiger partial charge in [0, 0.05) is 12.4 Å². The van der Waals surface area contributed by atoms with E-state index in [0.29, 0.717) is 5.82 Å². The first-order chi connectivity index (χ1) is 9.03. The van der Waals surface area contributed by atoms with Crippen LogP contribution in [-0.4, -0.2) is 23.5 Å². The molecule has 0 fully saturated rings. The number of aromatic nitrogens is 2. The van der Waals surface area contributed by atoms with E-state index in [9.17, 15) is 12.8 Å². The largest absolute Gasteiger partial charge is 0.392 e. The van der Waals surface area contributed by atoms with E-state index >= 15 is 0 Å². The Hall–Kier alpha value is -1.77. The quantitative estimate of drug-likeness (QED) is 0.746. The fourth-order valence-electron chi connectivity index (χ4n) is 1.54. The number of H-pyrrole nitrogens is 1. The molecule has 0 atom stereocenters. The molecular weight excluding hydrogens is 273 g/mol. The molecule has 0 bridgehead atoms. The van der Waals surface area contributed by atoms with Gasteiger partial charge in [0.15, 0.2) is 0 Å². The van der Waals surface area contributed by atoms with Crippen molar-refractivity contribution in [3.05, 3.63) is 47.8 Å². The maximum atomic E-state index is 13.1.